The lowest BCUT2D eigenvalue weighted by molar-refractivity contribution is 0.0492. The van der Waals surface area contributed by atoms with E-state index in [4.69, 9.17) is 4.74 Å². The number of rotatable bonds is 4. The fraction of sp³-hybridized carbons (Fsp3) is 0.500. The van der Waals surface area contributed by atoms with Crippen molar-refractivity contribution in [2.24, 2.45) is 0 Å². The molecular weight excluding hydrogens is 362 g/mol. The van der Waals surface area contributed by atoms with Crippen LogP contribution in [0.3, 0.4) is 0 Å². The molecule has 4 rings (SSSR count). The highest BCUT2D eigenvalue weighted by Crippen LogP contribution is 2.41. The van der Waals surface area contributed by atoms with Crippen molar-refractivity contribution in [3.63, 3.8) is 0 Å². The fourth-order valence-electron chi connectivity index (χ4n) is 4.89. The standard InChI is InChI=1S/C24H31N3O2/c1-5-18-6-9-21(25-14-18)24(28)26-12-13-27-19(15-26)7-10-22(27)20-8-11-23(29-4)17(3)16(20)2/h6,8-9,11,14,19,22H,5,7,10,12-13,15H2,1-4H3/t19-,22?/m0/s1. The van der Waals surface area contributed by atoms with Gasteiger partial charge in [0, 0.05) is 37.9 Å². The molecule has 2 fully saturated rings. The van der Waals surface area contributed by atoms with Crippen LogP contribution in [0.15, 0.2) is 30.5 Å². The Morgan fingerprint density at radius 1 is 1.14 bits per heavy atom. The van der Waals surface area contributed by atoms with Crippen LogP contribution < -0.4 is 4.74 Å². The number of aryl methyl sites for hydroxylation is 1. The van der Waals surface area contributed by atoms with E-state index in [-0.39, 0.29) is 5.91 Å². The van der Waals surface area contributed by atoms with Crippen LogP contribution in [0, 0.1) is 13.8 Å². The van der Waals surface area contributed by atoms with Crippen molar-refractivity contribution < 1.29 is 9.53 Å². The smallest absolute Gasteiger partial charge is 0.272 e. The van der Waals surface area contributed by atoms with Gasteiger partial charge in [0.15, 0.2) is 0 Å². The van der Waals surface area contributed by atoms with Gasteiger partial charge in [-0.15, -0.1) is 0 Å². The van der Waals surface area contributed by atoms with Crippen molar-refractivity contribution in [3.8, 4) is 5.75 Å². The van der Waals surface area contributed by atoms with E-state index in [0.717, 1.165) is 50.2 Å². The van der Waals surface area contributed by atoms with Gasteiger partial charge in [-0.05, 0) is 67.5 Å². The number of hydrogen-bond donors (Lipinski definition) is 0. The summed E-state index contributed by atoms with van der Waals surface area (Å²) in [6, 6.07) is 9.06. The van der Waals surface area contributed by atoms with E-state index in [1.807, 2.05) is 23.2 Å². The molecule has 0 saturated carbocycles. The van der Waals surface area contributed by atoms with E-state index >= 15 is 0 Å². The molecule has 0 radical (unpaired) electrons. The minimum Gasteiger partial charge on any atom is -0.496 e. The first-order chi connectivity index (χ1) is 14.0. The Morgan fingerprint density at radius 3 is 2.66 bits per heavy atom. The minimum absolute atomic E-state index is 0.0622. The number of nitrogens with zero attached hydrogens (tertiary/aromatic N) is 3. The predicted molar refractivity (Wildman–Crippen MR) is 114 cm³/mol. The lowest BCUT2D eigenvalue weighted by atomic mass is 9.95. The monoisotopic (exact) mass is 393 g/mol. The highest BCUT2D eigenvalue weighted by molar-refractivity contribution is 5.92. The van der Waals surface area contributed by atoms with Gasteiger partial charge in [0.05, 0.1) is 7.11 Å². The second kappa shape index (κ2) is 8.15. The maximum absolute atomic E-state index is 12.9. The number of fused-ring (bicyclic) bond motifs is 1. The first-order valence-corrected chi connectivity index (χ1v) is 10.7. The third-order valence-electron chi connectivity index (χ3n) is 6.80. The molecule has 0 N–H and O–H groups in total. The third-order valence-corrected chi connectivity index (χ3v) is 6.80. The Balaban J connectivity index is 1.47. The van der Waals surface area contributed by atoms with Gasteiger partial charge in [0.1, 0.15) is 11.4 Å². The van der Waals surface area contributed by atoms with Crippen molar-refractivity contribution in [1.29, 1.82) is 0 Å². The second-order valence-corrected chi connectivity index (χ2v) is 8.25. The molecule has 3 heterocycles. The summed E-state index contributed by atoms with van der Waals surface area (Å²) in [7, 11) is 1.73. The van der Waals surface area contributed by atoms with Crippen LogP contribution in [0.1, 0.15) is 58.5 Å². The summed E-state index contributed by atoms with van der Waals surface area (Å²) in [5.74, 6) is 1.02. The number of carbonyl (C=O) groups is 1. The average Bonchev–Trinajstić information content (AvgIpc) is 3.18. The number of benzene rings is 1. The molecule has 29 heavy (non-hydrogen) atoms. The fourth-order valence-corrected chi connectivity index (χ4v) is 4.89. The Hall–Kier alpha value is -2.40. The first kappa shape index (κ1) is 19.9. The van der Waals surface area contributed by atoms with E-state index in [9.17, 15) is 4.79 Å². The van der Waals surface area contributed by atoms with E-state index in [1.54, 1.807) is 7.11 Å². The summed E-state index contributed by atoms with van der Waals surface area (Å²) in [5.41, 5.74) is 5.68. The highest BCUT2D eigenvalue weighted by Gasteiger charge is 2.40. The van der Waals surface area contributed by atoms with Crippen LogP contribution in [-0.4, -0.2) is 53.5 Å². The molecule has 1 amide bonds. The Kier molecular flexibility index (Phi) is 5.59. The summed E-state index contributed by atoms with van der Waals surface area (Å²) in [4.78, 5) is 21.9. The van der Waals surface area contributed by atoms with Gasteiger partial charge in [0.25, 0.3) is 5.91 Å². The molecule has 5 nitrogen and oxygen atoms in total. The molecule has 1 unspecified atom stereocenters. The Morgan fingerprint density at radius 2 is 1.97 bits per heavy atom. The van der Waals surface area contributed by atoms with Crippen LogP contribution in [0.25, 0.3) is 0 Å². The quantitative estimate of drug-likeness (QED) is 0.790. The molecule has 2 saturated heterocycles. The SMILES string of the molecule is CCc1ccc(C(=O)N2CCN3C(c4ccc(OC)c(C)c4C)CC[C@H]3C2)nc1. The summed E-state index contributed by atoms with van der Waals surface area (Å²) in [6.07, 6.45) is 5.03. The Bertz CT molecular complexity index is 894. The number of aromatic nitrogens is 1. The lowest BCUT2D eigenvalue weighted by Gasteiger charge is -2.40. The molecule has 0 aliphatic carbocycles. The number of piperazine rings is 1. The molecule has 154 valence electrons. The largest absolute Gasteiger partial charge is 0.496 e. The molecule has 0 spiro atoms. The number of hydrogen-bond acceptors (Lipinski definition) is 4. The Labute approximate surface area is 173 Å². The van der Waals surface area contributed by atoms with E-state index < -0.39 is 0 Å². The van der Waals surface area contributed by atoms with Crippen LogP contribution >= 0.6 is 0 Å². The van der Waals surface area contributed by atoms with Crippen LogP contribution in [0.2, 0.25) is 0 Å². The zero-order valence-corrected chi connectivity index (χ0v) is 17.9. The first-order valence-electron chi connectivity index (χ1n) is 10.7. The molecule has 2 aromatic rings. The van der Waals surface area contributed by atoms with Gasteiger partial charge in [-0.2, -0.15) is 0 Å². The van der Waals surface area contributed by atoms with Gasteiger partial charge >= 0.3 is 0 Å². The summed E-state index contributed by atoms with van der Waals surface area (Å²) < 4.78 is 5.48. The van der Waals surface area contributed by atoms with Gasteiger partial charge in [-0.3, -0.25) is 14.7 Å². The van der Waals surface area contributed by atoms with Crippen molar-refractivity contribution in [2.75, 3.05) is 26.7 Å². The number of pyridine rings is 1. The van der Waals surface area contributed by atoms with Gasteiger partial charge in [-0.25, -0.2) is 0 Å². The maximum Gasteiger partial charge on any atom is 0.272 e. The van der Waals surface area contributed by atoms with Gasteiger partial charge in [0.2, 0.25) is 0 Å². The normalized spacial score (nSPS) is 21.9. The molecule has 5 heteroatoms. The molecule has 2 aliphatic rings. The minimum atomic E-state index is 0.0622. The van der Waals surface area contributed by atoms with Crippen molar-refractivity contribution in [2.45, 2.75) is 52.1 Å². The molecule has 0 bridgehead atoms. The van der Waals surface area contributed by atoms with Crippen molar-refractivity contribution >= 4 is 5.91 Å². The van der Waals surface area contributed by atoms with E-state index in [1.165, 1.54) is 16.7 Å². The van der Waals surface area contributed by atoms with Crippen molar-refractivity contribution in [1.82, 2.24) is 14.8 Å². The molecular formula is C24H31N3O2. The van der Waals surface area contributed by atoms with Crippen LogP contribution in [-0.2, 0) is 6.42 Å². The summed E-state index contributed by atoms with van der Waals surface area (Å²) >= 11 is 0. The molecule has 1 aromatic heterocycles. The molecule has 2 atom stereocenters. The highest BCUT2D eigenvalue weighted by atomic mass is 16.5. The topological polar surface area (TPSA) is 45.7 Å². The van der Waals surface area contributed by atoms with Crippen molar-refractivity contribution in [3.05, 3.63) is 58.4 Å². The molecule has 1 aromatic carbocycles. The zero-order valence-electron chi connectivity index (χ0n) is 17.9. The number of amides is 1. The number of ether oxygens (including phenoxy) is 1. The van der Waals surface area contributed by atoms with Gasteiger partial charge in [-0.1, -0.05) is 19.1 Å². The predicted octanol–water partition coefficient (Wildman–Crippen LogP) is 3.93. The van der Waals surface area contributed by atoms with Gasteiger partial charge < -0.3 is 9.64 Å². The number of carbonyl (C=O) groups excluding carboxylic acids is 1. The lowest BCUT2D eigenvalue weighted by Crippen LogP contribution is -2.52. The third kappa shape index (κ3) is 3.64. The van der Waals surface area contributed by atoms with Crippen LogP contribution in [0.4, 0.5) is 0 Å². The van der Waals surface area contributed by atoms with E-state index in [0.29, 0.717) is 17.8 Å². The average molecular weight is 394 g/mol. The van der Waals surface area contributed by atoms with E-state index in [2.05, 4.69) is 42.8 Å². The van der Waals surface area contributed by atoms with Crippen LogP contribution in [0.5, 0.6) is 5.75 Å². The zero-order chi connectivity index (χ0) is 20.5. The molecule has 2 aliphatic heterocycles. The summed E-state index contributed by atoms with van der Waals surface area (Å²) in [5, 5.41) is 0. The number of methoxy groups -OCH3 is 1. The summed E-state index contributed by atoms with van der Waals surface area (Å²) in [6.45, 7) is 8.90. The maximum atomic E-state index is 12.9. The second-order valence-electron chi connectivity index (χ2n) is 8.25.